The number of β-amino-alcohol motifs (C(OH)–C–C–N with tert-alkyl or cyclic N) is 1. The Morgan fingerprint density at radius 2 is 1.78 bits per heavy atom. The minimum atomic E-state index is 0.192. The maximum atomic E-state index is 12.1. The Balaban J connectivity index is 1.81. The van der Waals surface area contributed by atoms with Crippen LogP contribution in [0.3, 0.4) is 0 Å². The Kier molecular flexibility index (Phi) is 4.73. The first-order valence-electron chi connectivity index (χ1n) is 6.44. The van der Waals surface area contributed by atoms with Crippen LogP contribution in [0, 0.1) is 0 Å². The van der Waals surface area contributed by atoms with E-state index in [2.05, 4.69) is 4.90 Å². The molecule has 4 nitrogen and oxygen atoms in total. The lowest BCUT2D eigenvalue weighted by Crippen LogP contribution is -2.49. The van der Waals surface area contributed by atoms with Crippen LogP contribution in [0.15, 0.2) is 30.3 Å². The van der Waals surface area contributed by atoms with Crippen molar-refractivity contribution in [1.82, 2.24) is 9.80 Å². The van der Waals surface area contributed by atoms with Gasteiger partial charge in [0.25, 0.3) is 0 Å². The summed E-state index contributed by atoms with van der Waals surface area (Å²) in [6.07, 6.45) is 0.487. The molecule has 1 aliphatic heterocycles. The van der Waals surface area contributed by atoms with E-state index in [1.807, 2.05) is 35.2 Å². The fourth-order valence-corrected chi connectivity index (χ4v) is 2.24. The lowest BCUT2D eigenvalue weighted by atomic mass is 10.1. The average molecular weight is 248 g/mol. The van der Waals surface area contributed by atoms with E-state index >= 15 is 0 Å². The molecule has 0 aromatic heterocycles. The van der Waals surface area contributed by atoms with Gasteiger partial charge in [0.2, 0.25) is 5.91 Å². The highest BCUT2D eigenvalue weighted by Crippen LogP contribution is 2.06. The summed E-state index contributed by atoms with van der Waals surface area (Å²) in [5.74, 6) is 0.199. The molecule has 1 amide bonds. The van der Waals surface area contributed by atoms with Gasteiger partial charge in [-0.25, -0.2) is 0 Å². The molecule has 1 heterocycles. The van der Waals surface area contributed by atoms with Crippen molar-refractivity contribution in [1.29, 1.82) is 0 Å². The highest BCUT2D eigenvalue weighted by Gasteiger charge is 2.20. The van der Waals surface area contributed by atoms with Gasteiger partial charge in [-0.2, -0.15) is 0 Å². The van der Waals surface area contributed by atoms with Gasteiger partial charge in [0, 0.05) is 32.7 Å². The third-order valence-corrected chi connectivity index (χ3v) is 3.34. The van der Waals surface area contributed by atoms with Gasteiger partial charge in [0.05, 0.1) is 13.0 Å². The fraction of sp³-hybridized carbons (Fsp3) is 0.500. The third kappa shape index (κ3) is 3.55. The van der Waals surface area contributed by atoms with Crippen molar-refractivity contribution in [3.05, 3.63) is 35.9 Å². The second-order valence-electron chi connectivity index (χ2n) is 4.61. The zero-order valence-electron chi connectivity index (χ0n) is 10.6. The Hall–Kier alpha value is -1.39. The summed E-state index contributed by atoms with van der Waals surface area (Å²) in [5.41, 5.74) is 1.07. The monoisotopic (exact) mass is 248 g/mol. The molecule has 0 aliphatic carbocycles. The van der Waals surface area contributed by atoms with Crippen LogP contribution < -0.4 is 0 Å². The van der Waals surface area contributed by atoms with E-state index < -0.39 is 0 Å². The number of aliphatic hydroxyl groups excluding tert-OH is 1. The van der Waals surface area contributed by atoms with Crippen LogP contribution in [0.5, 0.6) is 0 Å². The van der Waals surface area contributed by atoms with Gasteiger partial charge in [-0.1, -0.05) is 30.3 Å². The zero-order chi connectivity index (χ0) is 12.8. The van der Waals surface area contributed by atoms with E-state index in [0.29, 0.717) is 13.0 Å². The van der Waals surface area contributed by atoms with E-state index in [-0.39, 0.29) is 12.5 Å². The van der Waals surface area contributed by atoms with Crippen LogP contribution in [0.25, 0.3) is 0 Å². The Morgan fingerprint density at radius 3 is 2.39 bits per heavy atom. The molecule has 0 spiro atoms. The number of hydrogen-bond donors (Lipinski definition) is 1. The summed E-state index contributed by atoms with van der Waals surface area (Å²) in [7, 11) is 0. The van der Waals surface area contributed by atoms with Crippen LogP contribution in [0.2, 0.25) is 0 Å². The molecule has 0 bridgehead atoms. The summed E-state index contributed by atoms with van der Waals surface area (Å²) in [5, 5.41) is 8.87. The molecule has 1 fully saturated rings. The van der Waals surface area contributed by atoms with Gasteiger partial charge >= 0.3 is 0 Å². The predicted octanol–water partition coefficient (Wildman–Crippen LogP) is 0.366. The average Bonchev–Trinajstić information content (AvgIpc) is 2.41. The van der Waals surface area contributed by atoms with Crippen molar-refractivity contribution in [3.8, 4) is 0 Å². The molecule has 1 N–H and O–H groups in total. The normalized spacial score (nSPS) is 16.8. The Morgan fingerprint density at radius 1 is 1.11 bits per heavy atom. The second-order valence-corrected chi connectivity index (χ2v) is 4.61. The maximum absolute atomic E-state index is 12.1. The molecule has 98 valence electrons. The fourth-order valence-electron chi connectivity index (χ4n) is 2.24. The van der Waals surface area contributed by atoms with Crippen molar-refractivity contribution in [2.75, 3.05) is 39.3 Å². The van der Waals surface area contributed by atoms with Crippen molar-refractivity contribution in [2.24, 2.45) is 0 Å². The third-order valence-electron chi connectivity index (χ3n) is 3.34. The summed E-state index contributed by atoms with van der Waals surface area (Å²) >= 11 is 0. The molecule has 0 unspecified atom stereocenters. The van der Waals surface area contributed by atoms with Crippen LogP contribution in [0.1, 0.15) is 5.56 Å². The number of amides is 1. The molecule has 0 saturated carbocycles. The maximum Gasteiger partial charge on any atom is 0.227 e. The number of rotatable bonds is 4. The van der Waals surface area contributed by atoms with Gasteiger partial charge in [-0.05, 0) is 5.56 Å². The molecule has 1 saturated heterocycles. The standard InChI is InChI=1S/C14H20N2O2/c17-11-10-15-6-8-16(9-7-15)14(18)12-13-4-2-1-3-5-13/h1-5,17H,6-12H2. The molecule has 1 aromatic rings. The van der Waals surface area contributed by atoms with E-state index in [4.69, 9.17) is 5.11 Å². The molecule has 0 atom stereocenters. The smallest absolute Gasteiger partial charge is 0.227 e. The molecule has 1 aliphatic rings. The molecule has 18 heavy (non-hydrogen) atoms. The minimum absolute atomic E-state index is 0.192. The Labute approximate surface area is 108 Å². The summed E-state index contributed by atoms with van der Waals surface area (Å²) in [6.45, 7) is 4.16. The summed E-state index contributed by atoms with van der Waals surface area (Å²) in [4.78, 5) is 16.2. The summed E-state index contributed by atoms with van der Waals surface area (Å²) < 4.78 is 0. The van der Waals surface area contributed by atoms with E-state index in [0.717, 1.165) is 31.7 Å². The van der Waals surface area contributed by atoms with Gasteiger partial charge in [0.15, 0.2) is 0 Å². The number of piperazine rings is 1. The number of carbonyl (C=O) groups excluding carboxylic acids is 1. The van der Waals surface area contributed by atoms with Gasteiger partial charge in [-0.15, -0.1) is 0 Å². The van der Waals surface area contributed by atoms with E-state index in [9.17, 15) is 4.79 Å². The largest absolute Gasteiger partial charge is 0.395 e. The van der Waals surface area contributed by atoms with Gasteiger partial charge < -0.3 is 10.0 Å². The van der Waals surface area contributed by atoms with Crippen LogP contribution in [-0.2, 0) is 11.2 Å². The quantitative estimate of drug-likeness (QED) is 0.837. The highest BCUT2D eigenvalue weighted by atomic mass is 16.3. The van der Waals surface area contributed by atoms with Crippen molar-refractivity contribution >= 4 is 5.91 Å². The Bertz CT molecular complexity index is 373. The highest BCUT2D eigenvalue weighted by molar-refractivity contribution is 5.78. The molecule has 0 radical (unpaired) electrons. The number of carbonyl (C=O) groups is 1. The summed E-state index contributed by atoms with van der Waals surface area (Å²) in [6, 6.07) is 9.85. The van der Waals surface area contributed by atoms with Gasteiger partial charge in [0.1, 0.15) is 0 Å². The molecular weight excluding hydrogens is 228 g/mol. The van der Waals surface area contributed by atoms with Crippen molar-refractivity contribution in [3.63, 3.8) is 0 Å². The second kappa shape index (κ2) is 6.52. The number of aliphatic hydroxyl groups is 1. The minimum Gasteiger partial charge on any atom is -0.395 e. The van der Waals surface area contributed by atoms with Crippen molar-refractivity contribution < 1.29 is 9.90 Å². The first-order valence-corrected chi connectivity index (χ1v) is 6.44. The molecular formula is C14H20N2O2. The first kappa shape index (κ1) is 13.1. The van der Waals surface area contributed by atoms with Crippen LogP contribution in [0.4, 0.5) is 0 Å². The number of nitrogens with zero attached hydrogens (tertiary/aromatic N) is 2. The topological polar surface area (TPSA) is 43.8 Å². The lowest BCUT2D eigenvalue weighted by Gasteiger charge is -2.34. The lowest BCUT2D eigenvalue weighted by molar-refractivity contribution is -0.132. The van der Waals surface area contributed by atoms with Crippen LogP contribution >= 0.6 is 0 Å². The van der Waals surface area contributed by atoms with E-state index in [1.165, 1.54) is 0 Å². The van der Waals surface area contributed by atoms with Crippen LogP contribution in [-0.4, -0.2) is 60.1 Å². The van der Waals surface area contributed by atoms with E-state index in [1.54, 1.807) is 0 Å². The number of benzene rings is 1. The van der Waals surface area contributed by atoms with Crippen molar-refractivity contribution in [2.45, 2.75) is 6.42 Å². The molecule has 4 heteroatoms. The van der Waals surface area contributed by atoms with Gasteiger partial charge in [-0.3, -0.25) is 9.69 Å². The zero-order valence-corrected chi connectivity index (χ0v) is 10.6. The number of hydrogen-bond acceptors (Lipinski definition) is 3. The first-order chi connectivity index (χ1) is 8.79. The SMILES string of the molecule is O=C(Cc1ccccc1)N1CCN(CCO)CC1. The molecule has 1 aromatic carbocycles. The molecule has 2 rings (SSSR count). The predicted molar refractivity (Wildman–Crippen MR) is 70.3 cm³/mol.